The molecule has 0 radical (unpaired) electrons. The van der Waals surface area contributed by atoms with Crippen molar-refractivity contribution in [1.82, 2.24) is 5.32 Å². The maximum atomic E-state index is 12.5. The van der Waals surface area contributed by atoms with Crippen molar-refractivity contribution < 1.29 is 14.3 Å². The SMILES string of the molecule is CCOc1ccc(N=C2NC(=O)/C(=C\c3cc(Br)c(OCc4ccc(Cl)cc4Cl)c(Br)c3)S2)cc1. The summed E-state index contributed by atoms with van der Waals surface area (Å²) in [4.78, 5) is 17.5. The lowest BCUT2D eigenvalue weighted by Crippen LogP contribution is -2.19. The minimum absolute atomic E-state index is 0.204. The van der Waals surface area contributed by atoms with Crippen LogP contribution < -0.4 is 14.8 Å². The Hall–Kier alpha value is -1.97. The number of hydrogen-bond donors (Lipinski definition) is 1. The molecule has 1 aliphatic heterocycles. The van der Waals surface area contributed by atoms with E-state index < -0.39 is 0 Å². The third-order valence-electron chi connectivity index (χ3n) is 4.73. The van der Waals surface area contributed by atoms with Crippen molar-refractivity contribution in [3.63, 3.8) is 0 Å². The fourth-order valence-electron chi connectivity index (χ4n) is 3.12. The van der Waals surface area contributed by atoms with Gasteiger partial charge in [-0.15, -0.1) is 0 Å². The van der Waals surface area contributed by atoms with Gasteiger partial charge in [0.1, 0.15) is 18.1 Å². The Balaban J connectivity index is 1.47. The summed E-state index contributed by atoms with van der Waals surface area (Å²) >= 11 is 20.6. The molecular weight excluding hydrogens is 639 g/mol. The molecule has 3 aromatic rings. The first-order chi connectivity index (χ1) is 16.8. The summed E-state index contributed by atoms with van der Waals surface area (Å²) in [6.45, 7) is 2.81. The number of hydrogen-bond acceptors (Lipinski definition) is 5. The maximum Gasteiger partial charge on any atom is 0.264 e. The lowest BCUT2D eigenvalue weighted by molar-refractivity contribution is -0.115. The van der Waals surface area contributed by atoms with Crippen LogP contribution in [0.1, 0.15) is 18.1 Å². The molecule has 0 aliphatic carbocycles. The number of nitrogens with zero attached hydrogens (tertiary/aromatic N) is 1. The maximum absolute atomic E-state index is 12.5. The Bertz CT molecular complexity index is 1310. The summed E-state index contributed by atoms with van der Waals surface area (Å²) in [5.74, 6) is 1.20. The number of amidine groups is 1. The van der Waals surface area contributed by atoms with Crippen LogP contribution in [0.5, 0.6) is 11.5 Å². The minimum Gasteiger partial charge on any atom is -0.494 e. The van der Waals surface area contributed by atoms with Crippen LogP contribution in [0.4, 0.5) is 5.69 Å². The average molecular weight is 657 g/mol. The smallest absolute Gasteiger partial charge is 0.264 e. The van der Waals surface area contributed by atoms with Crippen LogP contribution in [0.25, 0.3) is 6.08 Å². The molecule has 1 saturated heterocycles. The Morgan fingerprint density at radius 2 is 1.74 bits per heavy atom. The minimum atomic E-state index is -0.204. The van der Waals surface area contributed by atoms with Crippen molar-refractivity contribution in [2.75, 3.05) is 6.61 Å². The summed E-state index contributed by atoms with van der Waals surface area (Å²) in [5, 5.41) is 4.43. The summed E-state index contributed by atoms with van der Waals surface area (Å²) in [6.07, 6.45) is 1.80. The van der Waals surface area contributed by atoms with Crippen molar-refractivity contribution >= 4 is 89.7 Å². The molecular formula is C25H18Br2Cl2N2O3S. The second-order valence-corrected chi connectivity index (χ2v) is 10.8. The zero-order chi connectivity index (χ0) is 24.9. The van der Waals surface area contributed by atoms with Gasteiger partial charge in [-0.25, -0.2) is 4.99 Å². The van der Waals surface area contributed by atoms with Gasteiger partial charge in [-0.3, -0.25) is 4.79 Å². The van der Waals surface area contributed by atoms with E-state index in [2.05, 4.69) is 42.2 Å². The molecule has 0 spiro atoms. The van der Waals surface area contributed by atoms with Gasteiger partial charge in [0.05, 0.1) is 26.1 Å². The molecule has 1 aliphatic rings. The summed E-state index contributed by atoms with van der Waals surface area (Å²) in [5.41, 5.74) is 2.37. The lowest BCUT2D eigenvalue weighted by atomic mass is 10.2. The molecule has 0 bridgehead atoms. The van der Waals surface area contributed by atoms with Gasteiger partial charge in [0.15, 0.2) is 5.17 Å². The highest BCUT2D eigenvalue weighted by Crippen LogP contribution is 2.37. The second-order valence-electron chi connectivity index (χ2n) is 7.25. The monoisotopic (exact) mass is 654 g/mol. The van der Waals surface area contributed by atoms with Gasteiger partial charge >= 0.3 is 0 Å². The standard InChI is InChI=1S/C25H18Br2Cl2N2O3S/c1-2-33-18-7-5-17(6-8-18)30-25-31-24(32)22(35-25)11-14-9-19(26)23(20(27)10-14)34-13-15-3-4-16(28)12-21(15)29/h3-12H,2,13H2,1H3,(H,30,31,32)/b22-11+. The summed E-state index contributed by atoms with van der Waals surface area (Å²) in [6, 6.07) is 16.4. The first-order valence-corrected chi connectivity index (χ1v) is 13.6. The highest BCUT2D eigenvalue weighted by atomic mass is 79.9. The first-order valence-electron chi connectivity index (χ1n) is 10.4. The van der Waals surface area contributed by atoms with E-state index in [1.807, 2.05) is 49.4 Å². The molecule has 3 aromatic carbocycles. The van der Waals surface area contributed by atoms with Crippen LogP contribution in [0, 0.1) is 0 Å². The van der Waals surface area contributed by atoms with Crippen LogP contribution in [-0.2, 0) is 11.4 Å². The zero-order valence-corrected chi connectivity index (χ0v) is 23.8. The molecule has 0 atom stereocenters. The number of halogens is 4. The molecule has 5 nitrogen and oxygen atoms in total. The Morgan fingerprint density at radius 1 is 1.03 bits per heavy atom. The number of rotatable bonds is 7. The summed E-state index contributed by atoms with van der Waals surface area (Å²) in [7, 11) is 0. The van der Waals surface area contributed by atoms with Crippen LogP contribution in [0.2, 0.25) is 10.0 Å². The molecule has 1 N–H and O–H groups in total. The van der Waals surface area contributed by atoms with E-state index in [1.165, 1.54) is 11.8 Å². The van der Waals surface area contributed by atoms with E-state index >= 15 is 0 Å². The number of carbonyl (C=O) groups is 1. The Kier molecular flexibility index (Phi) is 8.83. The van der Waals surface area contributed by atoms with Gasteiger partial charge in [-0.2, -0.15) is 0 Å². The van der Waals surface area contributed by atoms with E-state index in [0.29, 0.717) is 32.5 Å². The van der Waals surface area contributed by atoms with E-state index in [-0.39, 0.29) is 12.5 Å². The third-order valence-corrected chi connectivity index (χ3v) is 7.41. The molecule has 35 heavy (non-hydrogen) atoms. The molecule has 4 rings (SSSR count). The normalized spacial score (nSPS) is 15.5. The van der Waals surface area contributed by atoms with Crippen molar-refractivity contribution in [1.29, 1.82) is 0 Å². The zero-order valence-electron chi connectivity index (χ0n) is 18.3. The lowest BCUT2D eigenvalue weighted by Gasteiger charge is -2.12. The molecule has 0 saturated carbocycles. The van der Waals surface area contributed by atoms with E-state index in [0.717, 1.165) is 31.5 Å². The molecule has 0 aromatic heterocycles. The first kappa shape index (κ1) is 26.1. The highest BCUT2D eigenvalue weighted by Gasteiger charge is 2.24. The third kappa shape index (κ3) is 6.83. The summed E-state index contributed by atoms with van der Waals surface area (Å²) < 4.78 is 12.9. The van der Waals surface area contributed by atoms with Crippen LogP contribution >= 0.6 is 66.8 Å². The fourth-order valence-corrected chi connectivity index (χ4v) is 5.88. The molecule has 1 heterocycles. The van der Waals surface area contributed by atoms with Crippen molar-refractivity contribution in [2.24, 2.45) is 4.99 Å². The van der Waals surface area contributed by atoms with E-state index in [9.17, 15) is 4.79 Å². The number of benzene rings is 3. The Labute approximate surface area is 234 Å². The van der Waals surface area contributed by atoms with E-state index in [1.54, 1.807) is 18.2 Å². The predicted octanol–water partition coefficient (Wildman–Crippen LogP) is 8.39. The largest absolute Gasteiger partial charge is 0.494 e. The molecule has 10 heteroatoms. The van der Waals surface area contributed by atoms with Gasteiger partial charge in [-0.1, -0.05) is 29.3 Å². The van der Waals surface area contributed by atoms with Crippen molar-refractivity contribution in [3.05, 3.63) is 89.6 Å². The van der Waals surface area contributed by atoms with Crippen molar-refractivity contribution in [3.8, 4) is 11.5 Å². The van der Waals surface area contributed by atoms with Gasteiger partial charge in [0.25, 0.3) is 5.91 Å². The van der Waals surface area contributed by atoms with Crippen molar-refractivity contribution in [2.45, 2.75) is 13.5 Å². The number of ether oxygens (including phenoxy) is 2. The topological polar surface area (TPSA) is 59.9 Å². The number of aliphatic imine (C=N–C) groups is 1. The fraction of sp³-hybridized carbons (Fsp3) is 0.120. The quantitative estimate of drug-likeness (QED) is 0.260. The predicted molar refractivity (Wildman–Crippen MR) is 151 cm³/mol. The molecule has 180 valence electrons. The van der Waals surface area contributed by atoms with Gasteiger partial charge in [-0.05, 0) is 111 Å². The van der Waals surface area contributed by atoms with Gasteiger partial charge in [0.2, 0.25) is 0 Å². The van der Waals surface area contributed by atoms with Crippen LogP contribution in [-0.4, -0.2) is 17.7 Å². The number of carbonyl (C=O) groups excluding carboxylic acids is 1. The Morgan fingerprint density at radius 3 is 2.40 bits per heavy atom. The number of thioether (sulfide) groups is 1. The molecule has 1 amide bonds. The van der Waals surface area contributed by atoms with E-state index in [4.69, 9.17) is 32.7 Å². The van der Waals surface area contributed by atoms with Gasteiger partial charge < -0.3 is 14.8 Å². The number of amides is 1. The van der Waals surface area contributed by atoms with Crippen LogP contribution in [0.3, 0.4) is 0 Å². The van der Waals surface area contributed by atoms with Crippen LogP contribution in [0.15, 0.2) is 73.4 Å². The number of nitrogens with one attached hydrogen (secondary N) is 1. The molecule has 1 fully saturated rings. The molecule has 0 unspecified atom stereocenters. The van der Waals surface area contributed by atoms with Gasteiger partial charge in [0, 0.05) is 15.6 Å². The average Bonchev–Trinajstić information content (AvgIpc) is 3.14. The second kappa shape index (κ2) is 11.8. The highest BCUT2D eigenvalue weighted by molar-refractivity contribution is 9.11.